The van der Waals surface area contributed by atoms with Crippen molar-refractivity contribution in [3.05, 3.63) is 109 Å². The largest absolute Gasteiger partial charge is 0.439 e. The van der Waals surface area contributed by atoms with Gasteiger partial charge >= 0.3 is 11.4 Å². The number of allylic oxidation sites excluding steroid dienone is 1. The summed E-state index contributed by atoms with van der Waals surface area (Å²) in [5, 5.41) is 9.65. The van der Waals surface area contributed by atoms with Gasteiger partial charge in [-0.3, -0.25) is 9.55 Å². The smallest absolute Gasteiger partial charge is 0.335 e. The van der Waals surface area contributed by atoms with E-state index in [-0.39, 0.29) is 31.4 Å². The zero-order valence-electron chi connectivity index (χ0n) is 21.9. The highest BCUT2D eigenvalue weighted by Crippen LogP contribution is 2.22. The number of aromatic nitrogens is 4. The van der Waals surface area contributed by atoms with Gasteiger partial charge in [0, 0.05) is 17.3 Å². The van der Waals surface area contributed by atoms with Crippen LogP contribution in [0.5, 0.6) is 5.88 Å². The molecule has 206 valence electrons. The number of nitriles is 1. The molecular weight excluding hydrogens is 536 g/mol. The molecule has 12 heteroatoms. The van der Waals surface area contributed by atoms with Crippen LogP contribution in [0.4, 0.5) is 0 Å². The van der Waals surface area contributed by atoms with Crippen LogP contribution in [-0.2, 0) is 22.6 Å². The van der Waals surface area contributed by atoms with Crippen LogP contribution >= 0.6 is 11.6 Å². The van der Waals surface area contributed by atoms with Crippen LogP contribution < -0.4 is 21.7 Å². The van der Waals surface area contributed by atoms with Gasteiger partial charge in [0.1, 0.15) is 11.9 Å². The van der Waals surface area contributed by atoms with Gasteiger partial charge in [-0.1, -0.05) is 29.8 Å². The Balaban J connectivity index is 1.44. The van der Waals surface area contributed by atoms with Gasteiger partial charge in [0.2, 0.25) is 11.5 Å². The zero-order chi connectivity index (χ0) is 28.3. The fourth-order valence-corrected chi connectivity index (χ4v) is 4.49. The molecule has 1 fully saturated rings. The van der Waals surface area contributed by atoms with Crippen LogP contribution in [0.1, 0.15) is 31.4 Å². The third-order valence-corrected chi connectivity index (χ3v) is 6.56. The maximum atomic E-state index is 13.6. The predicted molar refractivity (Wildman–Crippen MR) is 146 cm³/mol. The number of nitrogens with zero attached hydrogens (tertiary/aromatic N) is 5. The van der Waals surface area contributed by atoms with Crippen molar-refractivity contribution >= 4 is 11.6 Å². The molecule has 0 spiro atoms. The number of hydrogen-bond donors (Lipinski definition) is 1. The van der Waals surface area contributed by atoms with Crippen LogP contribution in [-0.4, -0.2) is 43.6 Å². The molecule has 3 heterocycles. The Bertz CT molecular complexity index is 1690. The molecule has 2 aliphatic rings. The topological polar surface area (TPSA) is 137 Å². The van der Waals surface area contributed by atoms with Crippen molar-refractivity contribution in [2.24, 2.45) is 4.99 Å². The van der Waals surface area contributed by atoms with Crippen molar-refractivity contribution < 1.29 is 14.2 Å². The molecule has 2 atom stereocenters. The Kier molecular flexibility index (Phi) is 7.84. The first-order valence-electron chi connectivity index (χ1n) is 12.7. The molecule has 40 heavy (non-hydrogen) atoms. The van der Waals surface area contributed by atoms with Gasteiger partial charge in [-0.2, -0.15) is 5.26 Å². The Morgan fingerprint density at radius 3 is 2.73 bits per heavy atom. The minimum atomic E-state index is -0.784. The number of aromatic amines is 1. The SMILES string of the molecule is CC1(C)OC[C@H](Cn2c(=O)[nH]/c(=N\C3C=CC(Oc4cc(C#N)ccn4)=CC3)n(Cc3ccc(Cl)cc3)c2=O)O1. The van der Waals surface area contributed by atoms with Gasteiger partial charge in [0.05, 0.1) is 37.4 Å². The molecule has 3 aromatic rings. The van der Waals surface area contributed by atoms with E-state index in [2.05, 4.69) is 21.0 Å². The summed E-state index contributed by atoms with van der Waals surface area (Å²) in [4.78, 5) is 38.3. The normalized spacial score (nSPS) is 20.2. The number of H-pyrrole nitrogens is 1. The number of hydrogen-bond acceptors (Lipinski definition) is 8. The Labute approximate surface area is 234 Å². The van der Waals surface area contributed by atoms with Crippen LogP contribution in [0.2, 0.25) is 5.02 Å². The molecule has 0 amide bonds. The first-order valence-corrected chi connectivity index (χ1v) is 13.0. The highest BCUT2D eigenvalue weighted by molar-refractivity contribution is 6.30. The van der Waals surface area contributed by atoms with Crippen LogP contribution in [0.25, 0.3) is 0 Å². The Morgan fingerprint density at radius 2 is 2.05 bits per heavy atom. The van der Waals surface area contributed by atoms with E-state index in [4.69, 9.17) is 31.1 Å². The third-order valence-electron chi connectivity index (χ3n) is 6.31. The van der Waals surface area contributed by atoms with Crippen LogP contribution in [0.3, 0.4) is 0 Å². The number of halogens is 1. The van der Waals surface area contributed by atoms with Gasteiger partial charge in [0.25, 0.3) is 0 Å². The number of nitrogens with one attached hydrogen (secondary N) is 1. The molecule has 0 bridgehead atoms. The summed E-state index contributed by atoms with van der Waals surface area (Å²) >= 11 is 6.04. The maximum absolute atomic E-state index is 13.6. The fraction of sp³-hybridized carbons (Fsp3) is 0.321. The molecular formula is C28H27ClN6O5. The molecule has 2 aromatic heterocycles. The number of benzene rings is 1. The average molecular weight is 563 g/mol. The molecule has 1 saturated heterocycles. The molecule has 1 aliphatic carbocycles. The van der Waals surface area contributed by atoms with E-state index in [0.29, 0.717) is 28.6 Å². The number of pyridine rings is 1. The Morgan fingerprint density at radius 1 is 1.25 bits per heavy atom. The van der Waals surface area contributed by atoms with Gasteiger partial charge in [0.15, 0.2) is 5.79 Å². The van der Waals surface area contributed by atoms with Gasteiger partial charge in [-0.15, -0.1) is 0 Å². The second-order valence-electron chi connectivity index (χ2n) is 9.80. The summed E-state index contributed by atoms with van der Waals surface area (Å²) in [5.41, 5.74) is 0.282. The highest BCUT2D eigenvalue weighted by atomic mass is 35.5. The molecule has 1 aromatic carbocycles. The summed E-state index contributed by atoms with van der Waals surface area (Å²) in [7, 11) is 0. The van der Waals surface area contributed by atoms with Gasteiger partial charge < -0.3 is 14.2 Å². The van der Waals surface area contributed by atoms with Gasteiger partial charge in [-0.05, 0) is 56.2 Å². The van der Waals surface area contributed by atoms with E-state index in [9.17, 15) is 9.59 Å². The quantitative estimate of drug-likeness (QED) is 0.467. The third kappa shape index (κ3) is 6.48. The second-order valence-corrected chi connectivity index (χ2v) is 10.2. The first-order chi connectivity index (χ1) is 19.2. The lowest BCUT2D eigenvalue weighted by Crippen LogP contribution is -2.51. The van der Waals surface area contributed by atoms with Crippen molar-refractivity contribution in [1.82, 2.24) is 19.1 Å². The van der Waals surface area contributed by atoms with E-state index < -0.39 is 23.3 Å². The number of ether oxygens (including phenoxy) is 3. The summed E-state index contributed by atoms with van der Waals surface area (Å²) in [6.07, 6.45) is 6.89. The molecule has 5 rings (SSSR count). The zero-order valence-corrected chi connectivity index (χ0v) is 22.7. The second kappa shape index (κ2) is 11.5. The lowest BCUT2D eigenvalue weighted by Gasteiger charge is -2.18. The molecule has 1 unspecified atom stereocenters. The van der Waals surface area contributed by atoms with Crippen molar-refractivity contribution in [2.75, 3.05) is 6.61 Å². The minimum Gasteiger partial charge on any atom is -0.439 e. The maximum Gasteiger partial charge on any atom is 0.335 e. The van der Waals surface area contributed by atoms with Gasteiger partial charge in [-0.25, -0.2) is 24.1 Å². The van der Waals surface area contributed by atoms with E-state index in [1.807, 2.05) is 24.3 Å². The lowest BCUT2D eigenvalue weighted by molar-refractivity contribution is -0.139. The summed E-state index contributed by atoms with van der Waals surface area (Å²) < 4.78 is 19.7. The van der Waals surface area contributed by atoms with Crippen molar-refractivity contribution in [3.8, 4) is 11.9 Å². The van der Waals surface area contributed by atoms with E-state index >= 15 is 0 Å². The van der Waals surface area contributed by atoms with Crippen molar-refractivity contribution in [1.29, 1.82) is 5.26 Å². The van der Waals surface area contributed by atoms with Crippen molar-refractivity contribution in [3.63, 3.8) is 0 Å². The monoisotopic (exact) mass is 562 g/mol. The predicted octanol–water partition coefficient (Wildman–Crippen LogP) is 2.65. The molecule has 1 N–H and O–H groups in total. The van der Waals surface area contributed by atoms with Crippen LogP contribution in [0, 0.1) is 11.3 Å². The van der Waals surface area contributed by atoms with Crippen molar-refractivity contribution in [2.45, 2.75) is 51.3 Å². The lowest BCUT2D eigenvalue weighted by atomic mass is 10.1. The van der Waals surface area contributed by atoms with E-state index in [1.54, 1.807) is 44.2 Å². The summed E-state index contributed by atoms with van der Waals surface area (Å²) in [6, 6.07) is 11.9. The fourth-order valence-electron chi connectivity index (χ4n) is 4.36. The molecule has 0 saturated carbocycles. The number of rotatable bonds is 7. The van der Waals surface area contributed by atoms with Crippen LogP contribution in [0.15, 0.2) is 81.2 Å². The summed E-state index contributed by atoms with van der Waals surface area (Å²) in [6.45, 7) is 4.03. The first kappa shape index (κ1) is 27.3. The minimum absolute atomic E-state index is 0.0340. The average Bonchev–Trinajstić information content (AvgIpc) is 3.29. The highest BCUT2D eigenvalue weighted by Gasteiger charge is 2.33. The molecule has 0 radical (unpaired) electrons. The summed E-state index contributed by atoms with van der Waals surface area (Å²) in [5.74, 6) is 0.0703. The molecule has 1 aliphatic heterocycles. The Hall–Kier alpha value is -4.24. The van der Waals surface area contributed by atoms with E-state index in [0.717, 1.165) is 10.1 Å². The van der Waals surface area contributed by atoms with E-state index in [1.165, 1.54) is 10.8 Å². The molecule has 11 nitrogen and oxygen atoms in total. The standard InChI is InChI=1S/C28H27ClN6O5/c1-28(2)38-17-23(40-28)16-35-26(36)33-25(34(27(35)37)15-18-3-5-20(29)6-4-18)32-21-7-9-22(10-8-21)39-24-13-19(14-30)11-12-31-24/h3-7,9-13,21,23H,8,15-17H2,1-2H3,(H,32,33,36)/t21?,23-/m0/s1.